The quantitative estimate of drug-likeness (QED) is 0.719. The summed E-state index contributed by atoms with van der Waals surface area (Å²) in [5, 5.41) is 1.16. The molecule has 0 aliphatic carbocycles. The van der Waals surface area contributed by atoms with Crippen molar-refractivity contribution in [2.75, 3.05) is 6.54 Å². The first-order chi connectivity index (χ1) is 9.93. The SMILES string of the molecule is NCCc1c[nH]c2sc(S(=O)(=O)c3cc(Cl)c(Cl)s3)cc12. The maximum absolute atomic E-state index is 12.6. The first-order valence-electron chi connectivity index (χ1n) is 5.93. The van der Waals surface area contributed by atoms with Crippen molar-refractivity contribution in [2.24, 2.45) is 5.73 Å². The zero-order chi connectivity index (χ0) is 15.2. The Hall–Kier alpha value is -0.570. The summed E-state index contributed by atoms with van der Waals surface area (Å²) in [4.78, 5) is 3.91. The molecule has 0 atom stereocenters. The van der Waals surface area contributed by atoms with E-state index in [9.17, 15) is 8.42 Å². The molecule has 0 radical (unpaired) electrons. The van der Waals surface area contributed by atoms with Gasteiger partial charge in [0.1, 0.15) is 17.6 Å². The van der Waals surface area contributed by atoms with Crippen LogP contribution < -0.4 is 5.73 Å². The number of nitrogens with two attached hydrogens (primary N) is 1. The zero-order valence-corrected chi connectivity index (χ0v) is 14.5. The molecule has 112 valence electrons. The van der Waals surface area contributed by atoms with Gasteiger partial charge in [-0.15, -0.1) is 22.7 Å². The van der Waals surface area contributed by atoms with Crippen molar-refractivity contribution in [1.29, 1.82) is 0 Å². The summed E-state index contributed by atoms with van der Waals surface area (Å²) in [6.45, 7) is 0.515. The van der Waals surface area contributed by atoms with Gasteiger partial charge in [-0.05, 0) is 30.7 Å². The van der Waals surface area contributed by atoms with Crippen LogP contribution in [0.25, 0.3) is 10.2 Å². The van der Waals surface area contributed by atoms with Gasteiger partial charge in [0.05, 0.1) is 5.02 Å². The third-order valence-corrected chi connectivity index (χ3v) is 8.63. The van der Waals surface area contributed by atoms with Gasteiger partial charge in [-0.25, -0.2) is 8.42 Å². The monoisotopic (exact) mass is 380 g/mol. The highest BCUT2D eigenvalue weighted by atomic mass is 35.5. The summed E-state index contributed by atoms with van der Waals surface area (Å²) in [5.41, 5.74) is 6.58. The van der Waals surface area contributed by atoms with Gasteiger partial charge < -0.3 is 10.7 Å². The van der Waals surface area contributed by atoms with E-state index in [1.807, 2.05) is 6.20 Å². The fraction of sp³-hybridized carbons (Fsp3) is 0.167. The molecule has 0 fully saturated rings. The maximum atomic E-state index is 12.6. The molecule has 3 aromatic rings. The van der Waals surface area contributed by atoms with Gasteiger partial charge in [-0.3, -0.25) is 0 Å². The Labute approximate surface area is 139 Å². The van der Waals surface area contributed by atoms with E-state index in [1.54, 1.807) is 6.07 Å². The van der Waals surface area contributed by atoms with Gasteiger partial charge in [0, 0.05) is 11.6 Å². The third-order valence-electron chi connectivity index (χ3n) is 3.00. The molecular formula is C12H10Cl2N2O2S3. The van der Waals surface area contributed by atoms with Crippen molar-refractivity contribution >= 4 is 65.9 Å². The molecule has 4 nitrogen and oxygen atoms in total. The summed E-state index contributed by atoms with van der Waals surface area (Å²) in [5.74, 6) is 0. The van der Waals surface area contributed by atoms with E-state index in [1.165, 1.54) is 17.4 Å². The number of hydrogen-bond acceptors (Lipinski definition) is 5. The zero-order valence-electron chi connectivity index (χ0n) is 10.5. The van der Waals surface area contributed by atoms with Crippen LogP contribution in [0.1, 0.15) is 5.56 Å². The van der Waals surface area contributed by atoms with Gasteiger partial charge in [0.15, 0.2) is 0 Å². The summed E-state index contributed by atoms with van der Waals surface area (Å²) < 4.78 is 25.9. The molecule has 0 aromatic carbocycles. The minimum absolute atomic E-state index is 0.154. The molecule has 0 saturated carbocycles. The smallest absolute Gasteiger partial charge is 0.225 e. The number of aromatic nitrogens is 1. The molecule has 21 heavy (non-hydrogen) atoms. The molecule has 3 rings (SSSR count). The van der Waals surface area contributed by atoms with Crippen molar-refractivity contribution < 1.29 is 8.42 Å². The lowest BCUT2D eigenvalue weighted by Gasteiger charge is -1.96. The van der Waals surface area contributed by atoms with E-state index in [0.717, 1.165) is 27.1 Å². The Balaban J connectivity index is 2.10. The Morgan fingerprint density at radius 1 is 1.19 bits per heavy atom. The van der Waals surface area contributed by atoms with Crippen molar-refractivity contribution in [1.82, 2.24) is 4.98 Å². The Bertz CT molecular complexity index is 889. The molecular weight excluding hydrogens is 371 g/mol. The van der Waals surface area contributed by atoms with Crippen LogP contribution in [0, 0.1) is 0 Å². The van der Waals surface area contributed by atoms with Crippen LogP contribution in [0.2, 0.25) is 9.36 Å². The summed E-state index contributed by atoms with van der Waals surface area (Å²) in [7, 11) is -3.59. The van der Waals surface area contributed by atoms with Crippen LogP contribution in [0.15, 0.2) is 26.7 Å². The number of thiophene rings is 2. The van der Waals surface area contributed by atoms with Crippen molar-refractivity contribution in [2.45, 2.75) is 14.8 Å². The lowest BCUT2D eigenvalue weighted by atomic mass is 10.2. The minimum Gasteiger partial charge on any atom is -0.353 e. The number of fused-ring (bicyclic) bond motifs is 1. The molecule has 0 unspecified atom stereocenters. The predicted octanol–water partition coefficient (Wildman–Crippen LogP) is 3.93. The fourth-order valence-electron chi connectivity index (χ4n) is 2.00. The largest absolute Gasteiger partial charge is 0.353 e. The lowest BCUT2D eigenvalue weighted by Crippen LogP contribution is -2.01. The normalized spacial score (nSPS) is 12.3. The highest BCUT2D eigenvalue weighted by molar-refractivity contribution is 7.95. The van der Waals surface area contributed by atoms with Crippen LogP contribution in [-0.4, -0.2) is 19.9 Å². The van der Waals surface area contributed by atoms with Crippen LogP contribution in [0.5, 0.6) is 0 Å². The number of rotatable bonds is 4. The van der Waals surface area contributed by atoms with Crippen molar-refractivity contribution in [3.8, 4) is 0 Å². The average Bonchev–Trinajstić information content (AvgIpc) is 3.08. The number of nitrogens with one attached hydrogen (secondary N) is 1. The second-order valence-electron chi connectivity index (χ2n) is 4.35. The van der Waals surface area contributed by atoms with E-state index < -0.39 is 9.84 Å². The predicted molar refractivity (Wildman–Crippen MR) is 88.7 cm³/mol. The molecule has 9 heteroatoms. The number of halogens is 2. The molecule has 3 aromatic heterocycles. The summed E-state index contributed by atoms with van der Waals surface area (Å²) >= 11 is 13.9. The molecule has 0 aliphatic heterocycles. The first kappa shape index (κ1) is 15.3. The fourth-order valence-corrected chi connectivity index (χ4v) is 6.92. The topological polar surface area (TPSA) is 76.0 Å². The van der Waals surface area contributed by atoms with Gasteiger partial charge in [-0.2, -0.15) is 0 Å². The van der Waals surface area contributed by atoms with Crippen LogP contribution in [-0.2, 0) is 16.3 Å². The van der Waals surface area contributed by atoms with Crippen molar-refractivity contribution in [3.05, 3.63) is 33.3 Å². The second kappa shape index (κ2) is 5.57. The molecule has 0 aliphatic rings. The summed E-state index contributed by atoms with van der Waals surface area (Å²) in [6, 6.07) is 3.07. The van der Waals surface area contributed by atoms with Gasteiger partial charge in [0.25, 0.3) is 0 Å². The van der Waals surface area contributed by atoms with Gasteiger partial charge >= 0.3 is 0 Å². The Morgan fingerprint density at radius 3 is 2.52 bits per heavy atom. The lowest BCUT2D eigenvalue weighted by molar-refractivity contribution is 0.600. The van der Waals surface area contributed by atoms with E-state index in [0.29, 0.717) is 13.0 Å². The van der Waals surface area contributed by atoms with Crippen LogP contribution in [0.3, 0.4) is 0 Å². The van der Waals surface area contributed by atoms with Crippen molar-refractivity contribution in [3.63, 3.8) is 0 Å². The molecule has 0 saturated heterocycles. The average molecular weight is 381 g/mol. The molecule has 0 bridgehead atoms. The third kappa shape index (κ3) is 2.62. The minimum atomic E-state index is -3.59. The highest BCUT2D eigenvalue weighted by Crippen LogP contribution is 2.40. The molecule has 0 spiro atoms. The Morgan fingerprint density at radius 2 is 1.90 bits per heavy atom. The number of hydrogen-bond donors (Lipinski definition) is 2. The molecule has 3 heterocycles. The van der Waals surface area contributed by atoms with Crippen LogP contribution in [0.4, 0.5) is 0 Å². The van der Waals surface area contributed by atoms with E-state index >= 15 is 0 Å². The van der Waals surface area contributed by atoms with E-state index in [-0.39, 0.29) is 17.8 Å². The number of sulfone groups is 1. The highest BCUT2D eigenvalue weighted by Gasteiger charge is 2.25. The summed E-state index contributed by atoms with van der Waals surface area (Å²) in [6.07, 6.45) is 2.57. The molecule has 0 amide bonds. The molecule has 3 N–H and O–H groups in total. The number of aromatic amines is 1. The van der Waals surface area contributed by atoms with Gasteiger partial charge in [-0.1, -0.05) is 23.2 Å². The van der Waals surface area contributed by atoms with Crippen LogP contribution >= 0.6 is 45.9 Å². The first-order valence-corrected chi connectivity index (χ1v) is 9.80. The maximum Gasteiger partial charge on any atom is 0.225 e. The Kier molecular flexibility index (Phi) is 4.06. The van der Waals surface area contributed by atoms with E-state index in [4.69, 9.17) is 28.9 Å². The van der Waals surface area contributed by atoms with E-state index in [2.05, 4.69) is 4.98 Å². The second-order valence-corrected chi connectivity index (χ2v) is 9.87. The number of H-pyrrole nitrogens is 1. The van der Waals surface area contributed by atoms with Gasteiger partial charge in [0.2, 0.25) is 9.84 Å². The standard InChI is InChI=1S/C12H10Cl2N2O2S3/c13-8-4-10(19-11(8)14)21(17,18)9-3-7-6(1-2-15)5-16-12(7)20-9/h3-5,16H,1-2,15H2.